The Morgan fingerprint density at radius 2 is 1.80 bits per heavy atom. The molecule has 2 aromatic carbocycles. The highest BCUT2D eigenvalue weighted by molar-refractivity contribution is 5.94. The first kappa shape index (κ1) is 21.0. The highest BCUT2D eigenvalue weighted by atomic mass is 19.1. The lowest BCUT2D eigenvalue weighted by atomic mass is 10.1. The molecule has 0 bridgehead atoms. The first-order valence-electron chi connectivity index (χ1n) is 9.29. The molecule has 3 rings (SSSR count). The van der Waals surface area contributed by atoms with Crippen molar-refractivity contribution in [3.8, 4) is 11.4 Å². The molecule has 0 saturated carbocycles. The summed E-state index contributed by atoms with van der Waals surface area (Å²) < 4.78 is 18.9. The molecule has 0 saturated heterocycles. The van der Waals surface area contributed by atoms with E-state index < -0.39 is 23.7 Å². The van der Waals surface area contributed by atoms with Gasteiger partial charge in [0.15, 0.2) is 23.4 Å². The topological polar surface area (TPSA) is 98.1 Å². The monoisotopic (exact) mass is 411 g/mol. The van der Waals surface area contributed by atoms with Crippen LogP contribution in [0.5, 0.6) is 5.75 Å². The van der Waals surface area contributed by atoms with Gasteiger partial charge in [-0.15, -0.1) is 5.10 Å². The van der Waals surface area contributed by atoms with Crippen LogP contribution in [0, 0.1) is 26.6 Å². The molecule has 30 heavy (non-hydrogen) atoms. The van der Waals surface area contributed by atoms with Crippen LogP contribution in [0.1, 0.15) is 34.2 Å². The van der Waals surface area contributed by atoms with Crippen molar-refractivity contribution in [3.63, 3.8) is 0 Å². The van der Waals surface area contributed by atoms with E-state index in [-0.39, 0.29) is 11.4 Å². The van der Waals surface area contributed by atoms with Crippen LogP contribution in [0.15, 0.2) is 42.5 Å². The number of carbonyl (C=O) groups excluding carboxylic acids is 2. The van der Waals surface area contributed by atoms with E-state index >= 15 is 0 Å². The number of carbonyl (C=O) groups is 2. The number of nitrogens with one attached hydrogen (secondary N) is 2. The molecule has 1 atom stereocenters. The fourth-order valence-corrected chi connectivity index (χ4v) is 2.79. The molecule has 1 aromatic heterocycles. The minimum atomic E-state index is -1.03. The Balaban J connectivity index is 1.64. The Hall–Kier alpha value is -3.75. The molecule has 0 fully saturated rings. The quantitative estimate of drug-likeness (QED) is 0.629. The minimum Gasteiger partial charge on any atom is -0.478 e. The highest BCUT2D eigenvalue weighted by Crippen LogP contribution is 2.17. The van der Waals surface area contributed by atoms with Crippen molar-refractivity contribution < 1.29 is 18.7 Å². The average Bonchev–Trinajstić information content (AvgIpc) is 3.09. The van der Waals surface area contributed by atoms with E-state index in [2.05, 4.69) is 21.0 Å². The molecular formula is C21H22FN5O3. The number of amides is 2. The summed E-state index contributed by atoms with van der Waals surface area (Å²) in [6.45, 7) is 7.00. The number of benzene rings is 2. The molecule has 0 radical (unpaired) electrons. The van der Waals surface area contributed by atoms with Gasteiger partial charge in [-0.2, -0.15) is 9.90 Å². The molecule has 3 aromatic rings. The van der Waals surface area contributed by atoms with Gasteiger partial charge in [0.25, 0.3) is 11.8 Å². The molecule has 156 valence electrons. The molecule has 1 unspecified atom stereocenters. The second-order valence-corrected chi connectivity index (χ2v) is 6.85. The van der Waals surface area contributed by atoms with Crippen molar-refractivity contribution in [2.45, 2.75) is 33.8 Å². The minimum absolute atomic E-state index is 0.0567. The summed E-state index contributed by atoms with van der Waals surface area (Å²) >= 11 is 0. The lowest BCUT2D eigenvalue weighted by Crippen LogP contribution is -2.47. The predicted molar refractivity (Wildman–Crippen MR) is 108 cm³/mol. The predicted octanol–water partition coefficient (Wildman–Crippen LogP) is 2.56. The van der Waals surface area contributed by atoms with Crippen LogP contribution in [-0.2, 0) is 4.79 Å². The van der Waals surface area contributed by atoms with Crippen molar-refractivity contribution in [1.82, 2.24) is 25.8 Å². The van der Waals surface area contributed by atoms with E-state index in [1.165, 1.54) is 29.9 Å². The third-order valence-electron chi connectivity index (χ3n) is 4.37. The van der Waals surface area contributed by atoms with Crippen LogP contribution in [0.3, 0.4) is 0 Å². The molecule has 0 aliphatic rings. The van der Waals surface area contributed by atoms with E-state index in [0.29, 0.717) is 5.69 Å². The van der Waals surface area contributed by atoms with E-state index in [4.69, 9.17) is 4.74 Å². The van der Waals surface area contributed by atoms with Crippen molar-refractivity contribution in [2.75, 3.05) is 0 Å². The summed E-state index contributed by atoms with van der Waals surface area (Å²) in [6, 6.07) is 11.5. The molecule has 0 aliphatic heterocycles. The summed E-state index contributed by atoms with van der Waals surface area (Å²) in [6.07, 6.45) is -1.03. The number of rotatable bonds is 5. The molecule has 2 amide bonds. The Morgan fingerprint density at radius 3 is 2.50 bits per heavy atom. The molecule has 2 N–H and O–H groups in total. The molecule has 1 heterocycles. The maximum atomic E-state index is 13.6. The first-order chi connectivity index (χ1) is 14.3. The summed E-state index contributed by atoms with van der Waals surface area (Å²) in [4.78, 5) is 26.0. The standard InChI is InChI=1S/C21H22FN5O3/c1-12-9-10-17(13(2)11-12)27-25-14(3)19(26-27)21(29)24-23-20(28)15(4)30-18-8-6-5-7-16(18)22/h5-11,15H,1-4H3,(H,23,28)(H,24,29). The fraction of sp³-hybridized carbons (Fsp3) is 0.238. The fourth-order valence-electron chi connectivity index (χ4n) is 2.79. The lowest BCUT2D eigenvalue weighted by Gasteiger charge is -2.15. The van der Waals surface area contributed by atoms with Gasteiger partial charge in [0, 0.05) is 0 Å². The van der Waals surface area contributed by atoms with Gasteiger partial charge in [-0.3, -0.25) is 20.4 Å². The lowest BCUT2D eigenvalue weighted by molar-refractivity contribution is -0.128. The van der Waals surface area contributed by atoms with E-state index in [1.807, 2.05) is 32.0 Å². The molecular weight excluding hydrogens is 389 g/mol. The molecule has 0 aliphatic carbocycles. The van der Waals surface area contributed by atoms with Gasteiger partial charge in [-0.05, 0) is 51.5 Å². The summed E-state index contributed by atoms with van der Waals surface area (Å²) in [5, 5.41) is 8.52. The zero-order valence-corrected chi connectivity index (χ0v) is 17.1. The Bertz CT molecular complexity index is 1100. The summed E-state index contributed by atoms with van der Waals surface area (Å²) in [7, 11) is 0. The van der Waals surface area contributed by atoms with E-state index in [1.54, 1.807) is 13.0 Å². The molecule has 9 heteroatoms. The zero-order chi connectivity index (χ0) is 21.8. The van der Waals surface area contributed by atoms with Crippen LogP contribution in [0.25, 0.3) is 5.69 Å². The number of nitrogens with zero attached hydrogens (tertiary/aromatic N) is 3. The molecule has 8 nitrogen and oxygen atoms in total. The van der Waals surface area contributed by atoms with Gasteiger partial charge >= 0.3 is 0 Å². The van der Waals surface area contributed by atoms with Crippen LogP contribution in [-0.4, -0.2) is 32.9 Å². The second kappa shape index (κ2) is 8.73. The highest BCUT2D eigenvalue weighted by Gasteiger charge is 2.20. The van der Waals surface area contributed by atoms with Gasteiger partial charge in [0.2, 0.25) is 0 Å². The number of hydrogen-bond acceptors (Lipinski definition) is 5. The van der Waals surface area contributed by atoms with Crippen molar-refractivity contribution in [2.24, 2.45) is 0 Å². The Morgan fingerprint density at radius 1 is 1.07 bits per heavy atom. The largest absolute Gasteiger partial charge is 0.478 e. The van der Waals surface area contributed by atoms with Crippen molar-refractivity contribution in [1.29, 1.82) is 0 Å². The van der Waals surface area contributed by atoms with Crippen molar-refractivity contribution >= 4 is 11.8 Å². The van der Waals surface area contributed by atoms with Crippen molar-refractivity contribution in [3.05, 3.63) is 70.8 Å². The number of ether oxygens (including phenoxy) is 1. The van der Waals surface area contributed by atoms with Crippen LogP contribution in [0.2, 0.25) is 0 Å². The van der Waals surface area contributed by atoms with Gasteiger partial charge in [-0.25, -0.2) is 4.39 Å². The average molecular weight is 411 g/mol. The number of aromatic nitrogens is 3. The van der Waals surface area contributed by atoms with Gasteiger partial charge in [0.1, 0.15) is 0 Å². The van der Waals surface area contributed by atoms with Gasteiger partial charge in [0.05, 0.1) is 11.4 Å². The SMILES string of the molecule is Cc1ccc(-n2nc(C)c(C(=O)NNC(=O)C(C)Oc3ccccc3F)n2)c(C)c1. The number of para-hydroxylation sites is 1. The Labute approximate surface area is 173 Å². The number of halogens is 1. The third kappa shape index (κ3) is 4.62. The maximum absolute atomic E-state index is 13.6. The Kier molecular flexibility index (Phi) is 6.10. The third-order valence-corrected chi connectivity index (χ3v) is 4.37. The zero-order valence-electron chi connectivity index (χ0n) is 17.1. The second-order valence-electron chi connectivity index (χ2n) is 6.85. The van der Waals surface area contributed by atoms with Crippen LogP contribution in [0.4, 0.5) is 4.39 Å². The normalized spacial score (nSPS) is 11.6. The van der Waals surface area contributed by atoms with Gasteiger partial charge < -0.3 is 4.74 Å². The number of aryl methyl sites for hydroxylation is 3. The number of hydrogen-bond donors (Lipinski definition) is 2. The summed E-state index contributed by atoms with van der Waals surface area (Å²) in [5.74, 6) is -1.92. The van der Waals surface area contributed by atoms with Crippen LogP contribution >= 0.6 is 0 Å². The number of hydrazine groups is 1. The summed E-state index contributed by atoms with van der Waals surface area (Å²) in [5.41, 5.74) is 7.82. The van der Waals surface area contributed by atoms with Gasteiger partial charge in [-0.1, -0.05) is 29.8 Å². The molecule has 0 spiro atoms. The first-order valence-corrected chi connectivity index (χ1v) is 9.29. The van der Waals surface area contributed by atoms with E-state index in [0.717, 1.165) is 16.8 Å². The van der Waals surface area contributed by atoms with E-state index in [9.17, 15) is 14.0 Å². The van der Waals surface area contributed by atoms with Crippen LogP contribution < -0.4 is 15.6 Å². The smallest absolute Gasteiger partial charge is 0.292 e. The maximum Gasteiger partial charge on any atom is 0.292 e.